The van der Waals surface area contributed by atoms with Crippen molar-refractivity contribution in [1.29, 1.82) is 0 Å². The van der Waals surface area contributed by atoms with E-state index in [9.17, 15) is 8.42 Å². The van der Waals surface area contributed by atoms with Gasteiger partial charge in [0.05, 0.1) is 0 Å². The molecule has 1 aromatic rings. The van der Waals surface area contributed by atoms with Crippen LogP contribution in [0.2, 0.25) is 0 Å². The minimum Gasteiger partial charge on any atom is -0.308 e. The summed E-state index contributed by atoms with van der Waals surface area (Å²) in [6.45, 7) is 2.64. The van der Waals surface area contributed by atoms with Gasteiger partial charge >= 0.3 is 0 Å². The zero-order valence-corrected chi connectivity index (χ0v) is 12.7. The Kier molecular flexibility index (Phi) is 7.50. The molecule has 7 heteroatoms. The maximum atomic E-state index is 12.0. The van der Waals surface area contributed by atoms with Gasteiger partial charge in [0.2, 0.25) is 10.0 Å². The van der Waals surface area contributed by atoms with Crippen molar-refractivity contribution in [2.24, 2.45) is 5.84 Å². The SMILES string of the molecule is CCCCCCCCNS(=O)(=O)c1ccc(NN)nc1. The lowest BCUT2D eigenvalue weighted by Gasteiger charge is -2.07. The van der Waals surface area contributed by atoms with Crippen molar-refractivity contribution in [2.45, 2.75) is 50.3 Å². The molecule has 0 aromatic carbocycles. The number of nitrogens with two attached hydrogens (primary N) is 1. The average Bonchev–Trinajstić information content (AvgIpc) is 2.46. The number of pyridine rings is 1. The summed E-state index contributed by atoms with van der Waals surface area (Å²) in [6, 6.07) is 3.01. The molecule has 1 heterocycles. The summed E-state index contributed by atoms with van der Waals surface area (Å²) < 4.78 is 26.5. The first-order valence-electron chi connectivity index (χ1n) is 7.02. The Labute approximate surface area is 121 Å². The second-order valence-corrected chi connectivity index (χ2v) is 6.46. The number of hydrazine groups is 1. The zero-order chi connectivity index (χ0) is 14.8. The Morgan fingerprint density at radius 3 is 2.45 bits per heavy atom. The molecule has 0 bridgehead atoms. The monoisotopic (exact) mass is 300 g/mol. The van der Waals surface area contributed by atoms with Gasteiger partial charge in [0.1, 0.15) is 10.7 Å². The normalized spacial score (nSPS) is 11.5. The third kappa shape index (κ3) is 5.85. The van der Waals surface area contributed by atoms with Crippen LogP contribution in [0, 0.1) is 0 Å². The fraction of sp³-hybridized carbons (Fsp3) is 0.615. The van der Waals surface area contributed by atoms with Crippen LogP contribution in [0.1, 0.15) is 45.4 Å². The van der Waals surface area contributed by atoms with E-state index >= 15 is 0 Å². The summed E-state index contributed by atoms with van der Waals surface area (Å²) >= 11 is 0. The molecule has 1 rings (SSSR count). The Hall–Kier alpha value is -1.18. The highest BCUT2D eigenvalue weighted by molar-refractivity contribution is 7.89. The van der Waals surface area contributed by atoms with Crippen molar-refractivity contribution >= 4 is 15.8 Å². The lowest BCUT2D eigenvalue weighted by Crippen LogP contribution is -2.25. The number of unbranched alkanes of at least 4 members (excludes halogenated alkanes) is 5. The van der Waals surface area contributed by atoms with Gasteiger partial charge in [0, 0.05) is 12.7 Å². The van der Waals surface area contributed by atoms with E-state index in [2.05, 4.69) is 22.1 Å². The minimum absolute atomic E-state index is 0.155. The number of hydrogen-bond acceptors (Lipinski definition) is 5. The van der Waals surface area contributed by atoms with E-state index in [0.29, 0.717) is 12.4 Å². The highest BCUT2D eigenvalue weighted by atomic mass is 32.2. The molecule has 0 atom stereocenters. The summed E-state index contributed by atoms with van der Waals surface area (Å²) in [5.41, 5.74) is 2.36. The lowest BCUT2D eigenvalue weighted by molar-refractivity contribution is 0.567. The summed E-state index contributed by atoms with van der Waals surface area (Å²) in [5, 5.41) is 0. The number of nitrogens with zero attached hydrogens (tertiary/aromatic N) is 1. The molecular formula is C13H24N4O2S. The Balaban J connectivity index is 2.33. The largest absolute Gasteiger partial charge is 0.308 e. The van der Waals surface area contributed by atoms with Crippen LogP contribution in [0.15, 0.2) is 23.2 Å². The maximum Gasteiger partial charge on any atom is 0.242 e. The predicted molar refractivity (Wildman–Crippen MR) is 80.6 cm³/mol. The van der Waals surface area contributed by atoms with Crippen LogP contribution in [-0.2, 0) is 10.0 Å². The number of rotatable bonds is 10. The average molecular weight is 300 g/mol. The van der Waals surface area contributed by atoms with Gasteiger partial charge in [-0.25, -0.2) is 24.0 Å². The van der Waals surface area contributed by atoms with Gasteiger partial charge < -0.3 is 5.43 Å². The molecule has 0 aliphatic carbocycles. The van der Waals surface area contributed by atoms with Crippen LogP contribution in [-0.4, -0.2) is 19.9 Å². The molecule has 0 fully saturated rings. The molecule has 0 amide bonds. The number of aromatic nitrogens is 1. The molecule has 0 spiro atoms. The summed E-state index contributed by atoms with van der Waals surface area (Å²) in [4.78, 5) is 4.04. The van der Waals surface area contributed by atoms with Crippen LogP contribution in [0.5, 0.6) is 0 Å². The first-order chi connectivity index (χ1) is 9.60. The van der Waals surface area contributed by atoms with Gasteiger partial charge in [0.25, 0.3) is 0 Å². The molecule has 0 aliphatic heterocycles. The fourth-order valence-corrected chi connectivity index (χ4v) is 2.84. The van der Waals surface area contributed by atoms with Crippen LogP contribution in [0.3, 0.4) is 0 Å². The molecule has 0 saturated carbocycles. The highest BCUT2D eigenvalue weighted by Crippen LogP contribution is 2.10. The van der Waals surface area contributed by atoms with Gasteiger partial charge in [0.15, 0.2) is 0 Å². The van der Waals surface area contributed by atoms with Crippen LogP contribution in [0.4, 0.5) is 5.82 Å². The predicted octanol–water partition coefficient (Wildman–Crippen LogP) is 2.01. The Morgan fingerprint density at radius 1 is 1.15 bits per heavy atom. The van der Waals surface area contributed by atoms with Crippen molar-refractivity contribution in [3.05, 3.63) is 18.3 Å². The summed E-state index contributed by atoms with van der Waals surface area (Å²) in [5.74, 6) is 5.61. The summed E-state index contributed by atoms with van der Waals surface area (Å²) in [6.07, 6.45) is 8.05. The Morgan fingerprint density at radius 2 is 1.85 bits per heavy atom. The van der Waals surface area contributed by atoms with E-state index in [1.807, 2.05) is 0 Å². The number of anilines is 1. The van der Waals surface area contributed by atoms with Gasteiger partial charge in [-0.1, -0.05) is 39.0 Å². The standard InChI is InChI=1S/C13H24N4O2S/c1-2-3-4-5-6-7-10-16-20(18,19)12-8-9-13(17-14)15-11-12/h8-9,11,16H,2-7,10,14H2,1H3,(H,15,17). The fourth-order valence-electron chi connectivity index (χ4n) is 1.82. The lowest BCUT2D eigenvalue weighted by atomic mass is 10.1. The topological polar surface area (TPSA) is 97.1 Å². The zero-order valence-electron chi connectivity index (χ0n) is 11.9. The van der Waals surface area contributed by atoms with Gasteiger partial charge in [-0.3, -0.25) is 0 Å². The number of nitrogen functional groups attached to an aromatic ring is 1. The summed E-state index contributed by atoms with van der Waals surface area (Å²) in [7, 11) is -3.46. The maximum absolute atomic E-state index is 12.0. The second-order valence-electron chi connectivity index (χ2n) is 4.69. The molecule has 0 radical (unpaired) electrons. The third-order valence-electron chi connectivity index (χ3n) is 3.02. The van der Waals surface area contributed by atoms with E-state index in [-0.39, 0.29) is 4.90 Å². The van der Waals surface area contributed by atoms with Crippen molar-refractivity contribution in [1.82, 2.24) is 9.71 Å². The molecule has 0 unspecified atom stereocenters. The number of hydrogen-bond donors (Lipinski definition) is 3. The first-order valence-corrected chi connectivity index (χ1v) is 8.51. The van der Waals surface area contributed by atoms with Crippen LogP contribution >= 0.6 is 0 Å². The molecule has 0 aliphatic rings. The number of nitrogens with one attached hydrogen (secondary N) is 2. The van der Waals surface area contributed by atoms with E-state index in [1.54, 1.807) is 0 Å². The minimum atomic E-state index is -3.46. The van der Waals surface area contributed by atoms with E-state index < -0.39 is 10.0 Å². The Bertz CT molecular complexity index is 474. The second kappa shape index (κ2) is 8.89. The smallest absolute Gasteiger partial charge is 0.242 e. The van der Waals surface area contributed by atoms with Gasteiger partial charge in [-0.15, -0.1) is 0 Å². The van der Waals surface area contributed by atoms with Crippen molar-refractivity contribution in [3.63, 3.8) is 0 Å². The van der Waals surface area contributed by atoms with Crippen molar-refractivity contribution in [2.75, 3.05) is 12.0 Å². The van der Waals surface area contributed by atoms with Crippen LogP contribution in [0.25, 0.3) is 0 Å². The molecule has 1 aromatic heterocycles. The van der Waals surface area contributed by atoms with Gasteiger partial charge in [-0.2, -0.15) is 0 Å². The molecule has 0 saturated heterocycles. The van der Waals surface area contributed by atoms with E-state index in [1.165, 1.54) is 37.6 Å². The number of sulfonamides is 1. The molecule has 20 heavy (non-hydrogen) atoms. The molecule has 4 N–H and O–H groups in total. The highest BCUT2D eigenvalue weighted by Gasteiger charge is 2.13. The molecule has 6 nitrogen and oxygen atoms in total. The van der Waals surface area contributed by atoms with Crippen molar-refractivity contribution in [3.8, 4) is 0 Å². The van der Waals surface area contributed by atoms with Crippen molar-refractivity contribution < 1.29 is 8.42 Å². The quantitative estimate of drug-likeness (QED) is 0.349. The van der Waals surface area contributed by atoms with E-state index in [4.69, 9.17) is 5.84 Å². The van der Waals surface area contributed by atoms with E-state index in [0.717, 1.165) is 19.3 Å². The molecular weight excluding hydrogens is 276 g/mol. The van der Waals surface area contributed by atoms with Crippen LogP contribution < -0.4 is 16.0 Å². The van der Waals surface area contributed by atoms with Gasteiger partial charge in [-0.05, 0) is 18.6 Å². The molecule has 114 valence electrons. The first kappa shape index (κ1) is 16.9. The third-order valence-corrected chi connectivity index (χ3v) is 4.46.